The molecule has 2 N–H and O–H groups in total. The average Bonchev–Trinajstić information content (AvgIpc) is 2.77. The molecule has 5 nitrogen and oxygen atoms in total. The summed E-state index contributed by atoms with van der Waals surface area (Å²) in [7, 11) is 1.42. The van der Waals surface area contributed by atoms with E-state index < -0.39 is 5.82 Å². The summed E-state index contributed by atoms with van der Waals surface area (Å²) in [4.78, 5) is 18.7. The van der Waals surface area contributed by atoms with Crippen LogP contribution in [-0.4, -0.2) is 55.0 Å². The number of benzene rings is 1. The molecule has 1 amide bonds. The Labute approximate surface area is 183 Å². The van der Waals surface area contributed by atoms with E-state index in [1.54, 1.807) is 19.1 Å². The highest BCUT2D eigenvalue weighted by Crippen LogP contribution is 2.36. The summed E-state index contributed by atoms with van der Waals surface area (Å²) < 4.78 is 19.0. The number of likely N-dealkylation sites (tertiary alicyclic amines) is 2. The summed E-state index contributed by atoms with van der Waals surface area (Å²) in [5.74, 6) is -0.347. The number of ether oxygens (including phenoxy) is 1. The molecule has 0 unspecified atom stereocenters. The van der Waals surface area contributed by atoms with Crippen LogP contribution in [-0.2, 0) is 4.79 Å². The zero-order valence-corrected chi connectivity index (χ0v) is 18.8. The van der Waals surface area contributed by atoms with Crippen molar-refractivity contribution >= 4 is 22.6 Å². The number of piperidine rings is 2. The molecule has 0 radical (unpaired) electrons. The van der Waals surface area contributed by atoms with E-state index in [0.29, 0.717) is 27.1 Å². The molecule has 2 aliphatic heterocycles. The third-order valence-corrected chi connectivity index (χ3v) is 7.09. The Morgan fingerprint density at radius 2 is 1.87 bits per heavy atom. The predicted molar refractivity (Wildman–Crippen MR) is 121 cm³/mol. The lowest BCUT2D eigenvalue weighted by molar-refractivity contribution is -0.128. The van der Waals surface area contributed by atoms with Crippen molar-refractivity contribution in [3.8, 4) is 5.75 Å². The number of halogens is 1. The number of amides is 1. The number of thioether (sulfide) groups is 1. The van der Waals surface area contributed by atoms with Crippen molar-refractivity contribution in [1.29, 1.82) is 0 Å². The second kappa shape index (κ2) is 10.4. The van der Waals surface area contributed by atoms with Crippen LogP contribution in [0.2, 0.25) is 0 Å². The van der Waals surface area contributed by atoms with Gasteiger partial charge in [-0.15, -0.1) is 0 Å². The van der Waals surface area contributed by atoms with E-state index in [2.05, 4.69) is 11.5 Å². The molecule has 0 spiro atoms. The van der Waals surface area contributed by atoms with E-state index in [4.69, 9.17) is 10.5 Å². The fourth-order valence-corrected chi connectivity index (χ4v) is 5.04. The van der Waals surface area contributed by atoms with Gasteiger partial charge in [-0.05, 0) is 69.5 Å². The van der Waals surface area contributed by atoms with Crippen LogP contribution in [0.25, 0.3) is 4.91 Å². The highest BCUT2D eigenvalue weighted by Gasteiger charge is 2.29. The number of nitrogens with two attached hydrogens (primary N) is 1. The molecular formula is C23H32FN3O2S. The lowest BCUT2D eigenvalue weighted by atomic mass is 10.00. The highest BCUT2D eigenvalue weighted by molar-refractivity contribution is 8.12. The maximum absolute atomic E-state index is 14.1. The van der Waals surface area contributed by atoms with E-state index in [1.807, 2.05) is 4.90 Å². The van der Waals surface area contributed by atoms with Gasteiger partial charge in [0.1, 0.15) is 0 Å². The van der Waals surface area contributed by atoms with Gasteiger partial charge in [0.2, 0.25) is 0 Å². The van der Waals surface area contributed by atoms with Crippen molar-refractivity contribution < 1.29 is 13.9 Å². The van der Waals surface area contributed by atoms with Crippen LogP contribution in [0, 0.1) is 5.82 Å². The Morgan fingerprint density at radius 1 is 1.20 bits per heavy atom. The Kier molecular flexibility index (Phi) is 7.83. The molecule has 2 heterocycles. The highest BCUT2D eigenvalue weighted by atomic mass is 32.2. The maximum atomic E-state index is 14.1. The molecule has 0 aliphatic carbocycles. The van der Waals surface area contributed by atoms with Crippen LogP contribution in [0.4, 0.5) is 4.39 Å². The molecule has 3 rings (SSSR count). The summed E-state index contributed by atoms with van der Waals surface area (Å²) in [6, 6.07) is 5.23. The molecule has 30 heavy (non-hydrogen) atoms. The molecule has 0 atom stereocenters. The fourth-order valence-electron chi connectivity index (χ4n) is 4.18. The van der Waals surface area contributed by atoms with Gasteiger partial charge < -0.3 is 20.3 Å². The van der Waals surface area contributed by atoms with Gasteiger partial charge in [-0.3, -0.25) is 4.79 Å². The van der Waals surface area contributed by atoms with Gasteiger partial charge >= 0.3 is 0 Å². The van der Waals surface area contributed by atoms with Crippen LogP contribution in [0.3, 0.4) is 0 Å². The van der Waals surface area contributed by atoms with Gasteiger partial charge in [0, 0.05) is 29.7 Å². The SMILES string of the molecule is C=C(S/C(C(=O)N1CCC(N2CCCCC2)CC1)=C(/C)N)c1ccc(OC)c(F)c1. The number of hydrogen-bond acceptors (Lipinski definition) is 5. The van der Waals surface area contributed by atoms with Crippen molar-refractivity contribution in [2.45, 2.75) is 45.1 Å². The van der Waals surface area contributed by atoms with Gasteiger partial charge in [-0.1, -0.05) is 24.8 Å². The Balaban J connectivity index is 1.62. The molecule has 0 aromatic heterocycles. The largest absolute Gasteiger partial charge is 0.494 e. The predicted octanol–water partition coefficient (Wildman–Crippen LogP) is 4.21. The molecule has 1 aromatic carbocycles. The van der Waals surface area contributed by atoms with Crippen molar-refractivity contribution in [2.24, 2.45) is 5.73 Å². The third-order valence-electron chi connectivity index (χ3n) is 5.91. The lowest BCUT2D eigenvalue weighted by Gasteiger charge is -2.40. The lowest BCUT2D eigenvalue weighted by Crippen LogP contribution is -2.48. The first-order chi connectivity index (χ1) is 14.4. The van der Waals surface area contributed by atoms with E-state index in [0.717, 1.165) is 25.9 Å². The first-order valence-electron chi connectivity index (χ1n) is 10.6. The summed E-state index contributed by atoms with van der Waals surface area (Å²) >= 11 is 1.21. The topological polar surface area (TPSA) is 58.8 Å². The molecule has 0 bridgehead atoms. The van der Waals surface area contributed by atoms with Gasteiger partial charge in [0.25, 0.3) is 5.91 Å². The molecule has 7 heteroatoms. The Hall–Kier alpha value is -1.99. The quantitative estimate of drug-likeness (QED) is 0.681. The number of methoxy groups -OCH3 is 1. The average molecular weight is 434 g/mol. The van der Waals surface area contributed by atoms with Crippen LogP contribution in [0.5, 0.6) is 5.75 Å². The molecule has 164 valence electrons. The Bertz CT molecular complexity index is 809. The molecule has 2 saturated heterocycles. The summed E-state index contributed by atoms with van der Waals surface area (Å²) in [6.45, 7) is 9.59. The third kappa shape index (κ3) is 5.38. The fraction of sp³-hybridized carbons (Fsp3) is 0.522. The van der Waals surface area contributed by atoms with E-state index in [-0.39, 0.29) is 11.7 Å². The van der Waals surface area contributed by atoms with Crippen LogP contribution in [0.15, 0.2) is 35.4 Å². The molecule has 2 aliphatic rings. The number of nitrogens with zero attached hydrogens (tertiary/aromatic N) is 2. The summed E-state index contributed by atoms with van der Waals surface area (Å²) in [5, 5.41) is 0. The zero-order chi connectivity index (χ0) is 21.7. The van der Waals surface area contributed by atoms with Crippen LogP contribution < -0.4 is 10.5 Å². The minimum Gasteiger partial charge on any atom is -0.494 e. The van der Waals surface area contributed by atoms with Crippen LogP contribution >= 0.6 is 11.8 Å². The zero-order valence-electron chi connectivity index (χ0n) is 18.0. The van der Waals surface area contributed by atoms with Gasteiger partial charge in [0.05, 0.1) is 12.0 Å². The molecular weight excluding hydrogens is 401 g/mol. The van der Waals surface area contributed by atoms with Crippen molar-refractivity contribution in [1.82, 2.24) is 9.80 Å². The minimum atomic E-state index is -0.460. The van der Waals surface area contributed by atoms with Gasteiger partial charge in [0.15, 0.2) is 11.6 Å². The van der Waals surface area contributed by atoms with Gasteiger partial charge in [-0.2, -0.15) is 0 Å². The normalized spacial score (nSPS) is 19.4. The molecule has 2 fully saturated rings. The van der Waals surface area contributed by atoms with E-state index in [1.165, 1.54) is 57.3 Å². The van der Waals surface area contributed by atoms with E-state index >= 15 is 0 Å². The first kappa shape index (κ1) is 22.7. The number of allylic oxidation sites excluding steroid dienone is 1. The molecule has 1 aromatic rings. The second-order valence-electron chi connectivity index (χ2n) is 8.01. The Morgan fingerprint density at radius 3 is 2.43 bits per heavy atom. The first-order valence-corrected chi connectivity index (χ1v) is 11.4. The van der Waals surface area contributed by atoms with Crippen LogP contribution in [0.1, 0.15) is 44.6 Å². The van der Waals surface area contributed by atoms with Crippen molar-refractivity contribution in [3.63, 3.8) is 0 Å². The van der Waals surface area contributed by atoms with Crippen molar-refractivity contribution in [3.05, 3.63) is 46.8 Å². The van der Waals surface area contributed by atoms with E-state index in [9.17, 15) is 9.18 Å². The smallest absolute Gasteiger partial charge is 0.262 e. The van der Waals surface area contributed by atoms with Gasteiger partial charge in [-0.25, -0.2) is 4.39 Å². The monoisotopic (exact) mass is 433 g/mol. The maximum Gasteiger partial charge on any atom is 0.262 e. The second-order valence-corrected chi connectivity index (χ2v) is 9.11. The number of carbonyl (C=O) groups is 1. The number of carbonyl (C=O) groups excluding carboxylic acids is 1. The summed E-state index contributed by atoms with van der Waals surface area (Å²) in [6.07, 6.45) is 5.89. The summed E-state index contributed by atoms with van der Waals surface area (Å²) in [5.41, 5.74) is 7.12. The molecule has 0 saturated carbocycles. The number of rotatable bonds is 6. The minimum absolute atomic E-state index is 0.0628. The van der Waals surface area contributed by atoms with Crippen molar-refractivity contribution in [2.75, 3.05) is 33.3 Å². The number of hydrogen-bond donors (Lipinski definition) is 1. The standard InChI is InChI=1S/C23H32FN3O2S/c1-16(25)22(30-17(2)18-7-8-21(29-3)20(24)15-18)23(28)27-13-9-19(10-14-27)26-11-5-4-6-12-26/h7-8,15,19H,2,4-6,9-14,25H2,1,3H3/b22-16-.